The molecule has 2 aromatic rings. The third-order valence-electron chi connectivity index (χ3n) is 5.41. The number of carbonyl (C=O) groups is 1. The first kappa shape index (κ1) is 21.4. The number of piperidine rings is 1. The van der Waals surface area contributed by atoms with Crippen molar-refractivity contribution < 1.29 is 4.79 Å². The Kier molecular flexibility index (Phi) is 7.31. The summed E-state index contributed by atoms with van der Waals surface area (Å²) in [5.41, 5.74) is 1.94. The van der Waals surface area contributed by atoms with Gasteiger partial charge in [0.1, 0.15) is 0 Å². The average Bonchev–Trinajstić information content (AvgIpc) is 3.30. The van der Waals surface area contributed by atoms with E-state index in [1.807, 2.05) is 29.2 Å². The number of hydrogen-bond donors (Lipinski definition) is 2. The zero-order valence-corrected chi connectivity index (χ0v) is 18.5. The van der Waals surface area contributed by atoms with Crippen LogP contribution in [-0.4, -0.2) is 43.4 Å². The highest BCUT2D eigenvalue weighted by atomic mass is 32.1. The Hall–Kier alpha value is -2.34. The van der Waals surface area contributed by atoms with Gasteiger partial charge in [0, 0.05) is 49.1 Å². The zero-order valence-electron chi connectivity index (χ0n) is 17.7. The Labute approximate surface area is 178 Å². The van der Waals surface area contributed by atoms with Gasteiger partial charge in [-0.25, -0.2) is 0 Å². The van der Waals surface area contributed by atoms with Gasteiger partial charge in [0.2, 0.25) is 0 Å². The molecule has 0 bridgehead atoms. The second-order valence-corrected chi connectivity index (χ2v) is 9.14. The molecule has 0 radical (unpaired) electrons. The van der Waals surface area contributed by atoms with Crippen molar-refractivity contribution in [3.05, 3.63) is 57.8 Å². The number of guanidine groups is 1. The van der Waals surface area contributed by atoms with Gasteiger partial charge < -0.3 is 15.5 Å². The molecule has 6 heteroatoms. The number of benzene rings is 1. The standard InChI is InChI=1S/C23H32N4OS/c1-23(2,20-8-7-15-29-20)17-26-22(24-3)25-16-18-9-11-19(12-10-18)21(28)27-13-5-4-6-14-27/h7-12,15H,4-6,13-14,16-17H2,1-3H3,(H2,24,25,26). The van der Waals surface area contributed by atoms with E-state index in [4.69, 9.17) is 0 Å². The maximum Gasteiger partial charge on any atom is 0.253 e. The molecule has 1 aliphatic rings. The van der Waals surface area contributed by atoms with Gasteiger partial charge >= 0.3 is 0 Å². The number of aliphatic imine (C=N–C) groups is 1. The van der Waals surface area contributed by atoms with Crippen molar-refractivity contribution in [2.75, 3.05) is 26.7 Å². The molecule has 0 spiro atoms. The number of likely N-dealkylation sites (tertiary alicyclic amines) is 1. The van der Waals surface area contributed by atoms with Crippen LogP contribution >= 0.6 is 11.3 Å². The first-order valence-corrected chi connectivity index (χ1v) is 11.2. The van der Waals surface area contributed by atoms with Crippen LogP contribution in [0.15, 0.2) is 46.8 Å². The summed E-state index contributed by atoms with van der Waals surface area (Å²) >= 11 is 1.78. The molecular weight excluding hydrogens is 380 g/mol. The average molecular weight is 413 g/mol. The van der Waals surface area contributed by atoms with Crippen LogP contribution in [0.3, 0.4) is 0 Å². The van der Waals surface area contributed by atoms with E-state index in [2.05, 4.69) is 47.0 Å². The molecule has 2 N–H and O–H groups in total. The molecule has 1 aromatic carbocycles. The molecule has 1 amide bonds. The fourth-order valence-corrected chi connectivity index (χ4v) is 4.36. The predicted octanol–water partition coefficient (Wildman–Crippen LogP) is 4.02. The lowest BCUT2D eigenvalue weighted by Gasteiger charge is -2.26. The smallest absolute Gasteiger partial charge is 0.253 e. The topological polar surface area (TPSA) is 56.7 Å². The van der Waals surface area contributed by atoms with Crippen LogP contribution in [-0.2, 0) is 12.0 Å². The highest BCUT2D eigenvalue weighted by molar-refractivity contribution is 7.10. The highest BCUT2D eigenvalue weighted by Crippen LogP contribution is 2.26. The van der Waals surface area contributed by atoms with Crippen molar-refractivity contribution in [1.29, 1.82) is 0 Å². The number of carbonyl (C=O) groups excluding carboxylic acids is 1. The Morgan fingerprint density at radius 1 is 1.10 bits per heavy atom. The lowest BCUT2D eigenvalue weighted by Crippen LogP contribution is -2.42. The number of thiophene rings is 1. The zero-order chi connectivity index (χ0) is 20.7. The first-order chi connectivity index (χ1) is 14.0. The van der Waals surface area contributed by atoms with E-state index in [-0.39, 0.29) is 11.3 Å². The van der Waals surface area contributed by atoms with Crippen molar-refractivity contribution in [3.8, 4) is 0 Å². The van der Waals surface area contributed by atoms with E-state index >= 15 is 0 Å². The number of nitrogens with one attached hydrogen (secondary N) is 2. The van der Waals surface area contributed by atoms with Crippen molar-refractivity contribution in [2.24, 2.45) is 4.99 Å². The number of amides is 1. The quantitative estimate of drug-likeness (QED) is 0.557. The Balaban J connectivity index is 1.50. The molecular formula is C23H32N4OS. The van der Waals surface area contributed by atoms with E-state index < -0.39 is 0 Å². The molecule has 156 valence electrons. The van der Waals surface area contributed by atoms with Crippen molar-refractivity contribution in [3.63, 3.8) is 0 Å². The summed E-state index contributed by atoms with van der Waals surface area (Å²) in [5.74, 6) is 0.931. The second kappa shape index (κ2) is 9.92. The van der Waals surface area contributed by atoms with Crippen molar-refractivity contribution in [1.82, 2.24) is 15.5 Å². The van der Waals surface area contributed by atoms with Gasteiger partial charge in [-0.2, -0.15) is 0 Å². The van der Waals surface area contributed by atoms with Crippen LogP contribution in [0.1, 0.15) is 53.9 Å². The third kappa shape index (κ3) is 5.82. The fourth-order valence-electron chi connectivity index (χ4n) is 3.51. The van der Waals surface area contributed by atoms with Crippen LogP contribution in [0.5, 0.6) is 0 Å². The van der Waals surface area contributed by atoms with Crippen molar-refractivity contribution in [2.45, 2.75) is 45.1 Å². The van der Waals surface area contributed by atoms with Gasteiger partial charge in [0.25, 0.3) is 5.91 Å². The van der Waals surface area contributed by atoms with E-state index in [1.54, 1.807) is 18.4 Å². The monoisotopic (exact) mass is 412 g/mol. The van der Waals surface area contributed by atoms with Crippen LogP contribution in [0.4, 0.5) is 0 Å². The van der Waals surface area contributed by atoms with Gasteiger partial charge in [0.05, 0.1) is 0 Å². The van der Waals surface area contributed by atoms with Crippen LogP contribution in [0, 0.1) is 0 Å². The fraction of sp³-hybridized carbons (Fsp3) is 0.478. The summed E-state index contributed by atoms with van der Waals surface area (Å²) in [6.45, 7) is 7.69. The molecule has 2 heterocycles. The molecule has 29 heavy (non-hydrogen) atoms. The molecule has 0 unspecified atom stereocenters. The normalized spacial score (nSPS) is 15.3. The number of nitrogens with zero attached hydrogens (tertiary/aromatic N) is 2. The van der Waals surface area contributed by atoms with Gasteiger partial charge in [-0.3, -0.25) is 9.79 Å². The summed E-state index contributed by atoms with van der Waals surface area (Å²) in [6.07, 6.45) is 3.46. The number of rotatable bonds is 6. The Morgan fingerprint density at radius 2 is 1.83 bits per heavy atom. The summed E-state index contributed by atoms with van der Waals surface area (Å²) in [5, 5.41) is 8.90. The SMILES string of the molecule is CN=C(NCc1ccc(C(=O)N2CCCCC2)cc1)NCC(C)(C)c1cccs1. The second-order valence-electron chi connectivity index (χ2n) is 8.19. The van der Waals surface area contributed by atoms with E-state index in [0.717, 1.165) is 49.6 Å². The number of hydrogen-bond acceptors (Lipinski definition) is 3. The summed E-state index contributed by atoms with van der Waals surface area (Å²) in [7, 11) is 1.79. The summed E-state index contributed by atoms with van der Waals surface area (Å²) < 4.78 is 0. The van der Waals surface area contributed by atoms with E-state index in [1.165, 1.54) is 11.3 Å². The third-order valence-corrected chi connectivity index (χ3v) is 6.65. The minimum Gasteiger partial charge on any atom is -0.356 e. The molecule has 0 atom stereocenters. The minimum atomic E-state index is 0.0439. The maximum atomic E-state index is 12.6. The highest BCUT2D eigenvalue weighted by Gasteiger charge is 2.22. The lowest BCUT2D eigenvalue weighted by atomic mass is 9.91. The van der Waals surface area contributed by atoms with Crippen LogP contribution in [0.25, 0.3) is 0 Å². The molecule has 0 aliphatic carbocycles. The van der Waals surface area contributed by atoms with Gasteiger partial charge in [-0.1, -0.05) is 32.0 Å². The van der Waals surface area contributed by atoms with Gasteiger partial charge in [-0.15, -0.1) is 11.3 Å². The maximum absolute atomic E-state index is 12.6. The largest absolute Gasteiger partial charge is 0.356 e. The Bertz CT molecular complexity index is 806. The van der Waals surface area contributed by atoms with Gasteiger partial charge in [0.15, 0.2) is 5.96 Å². The van der Waals surface area contributed by atoms with Gasteiger partial charge in [-0.05, 0) is 48.4 Å². The first-order valence-electron chi connectivity index (χ1n) is 10.4. The predicted molar refractivity (Wildman–Crippen MR) is 122 cm³/mol. The van der Waals surface area contributed by atoms with Crippen LogP contribution in [0.2, 0.25) is 0 Å². The molecule has 1 fully saturated rings. The van der Waals surface area contributed by atoms with Crippen LogP contribution < -0.4 is 10.6 Å². The molecule has 5 nitrogen and oxygen atoms in total. The Morgan fingerprint density at radius 3 is 2.45 bits per heavy atom. The molecule has 0 saturated carbocycles. The lowest BCUT2D eigenvalue weighted by molar-refractivity contribution is 0.0724. The van der Waals surface area contributed by atoms with Crippen molar-refractivity contribution >= 4 is 23.2 Å². The molecule has 1 saturated heterocycles. The molecule has 1 aliphatic heterocycles. The minimum absolute atomic E-state index is 0.0439. The summed E-state index contributed by atoms with van der Waals surface area (Å²) in [6, 6.07) is 12.2. The summed E-state index contributed by atoms with van der Waals surface area (Å²) in [4.78, 5) is 20.2. The van der Waals surface area contributed by atoms with E-state index in [9.17, 15) is 4.79 Å². The molecule has 1 aromatic heterocycles. The molecule has 3 rings (SSSR count). The van der Waals surface area contributed by atoms with E-state index in [0.29, 0.717) is 6.54 Å².